The van der Waals surface area contributed by atoms with Gasteiger partial charge in [-0.3, -0.25) is 4.79 Å². The monoisotopic (exact) mass is 351 g/mol. The lowest BCUT2D eigenvalue weighted by Gasteiger charge is -2.10. The van der Waals surface area contributed by atoms with E-state index in [4.69, 9.17) is 21.1 Å². The Labute approximate surface area is 145 Å². The minimum atomic E-state index is -0.160. The van der Waals surface area contributed by atoms with Crippen LogP contribution in [0.15, 0.2) is 53.4 Å². The maximum absolute atomic E-state index is 11.8. The summed E-state index contributed by atoms with van der Waals surface area (Å²) in [7, 11) is 1.57. The van der Waals surface area contributed by atoms with Crippen molar-refractivity contribution in [3.05, 3.63) is 53.6 Å². The maximum Gasteiger partial charge on any atom is 0.257 e. The number of carbonyl (C=O) groups is 1. The van der Waals surface area contributed by atoms with Gasteiger partial charge in [-0.15, -0.1) is 11.8 Å². The summed E-state index contributed by atoms with van der Waals surface area (Å²) in [6, 6.07) is 14.9. The number of amides is 1. The molecule has 1 N–H and O–H groups in total. The number of para-hydroxylation sites is 2. The number of hydrogen-bond donors (Lipinski definition) is 1. The predicted octanol–water partition coefficient (Wildman–Crippen LogP) is 3.64. The second-order valence-corrected chi connectivity index (χ2v) is 6.20. The number of nitrogens with one attached hydrogen (secondary N) is 1. The highest BCUT2D eigenvalue weighted by Gasteiger charge is 2.06. The molecule has 2 aromatic rings. The average Bonchev–Trinajstić information content (AvgIpc) is 2.58. The highest BCUT2D eigenvalue weighted by atomic mass is 35.5. The van der Waals surface area contributed by atoms with Gasteiger partial charge >= 0.3 is 0 Å². The van der Waals surface area contributed by atoms with Gasteiger partial charge in [0.2, 0.25) is 0 Å². The SMILES string of the molecule is COc1ccccc1OCC(=O)NCCSc1ccc(Cl)cc1. The zero-order chi connectivity index (χ0) is 16.5. The third-order valence-corrected chi connectivity index (χ3v) is 4.20. The molecule has 0 spiro atoms. The Hall–Kier alpha value is -1.85. The quantitative estimate of drug-likeness (QED) is 0.582. The molecule has 4 nitrogen and oxygen atoms in total. The number of carbonyl (C=O) groups excluding carboxylic acids is 1. The molecule has 0 unspecified atom stereocenters. The van der Waals surface area contributed by atoms with Crippen LogP contribution in [-0.2, 0) is 4.79 Å². The van der Waals surface area contributed by atoms with Crippen LogP contribution in [0, 0.1) is 0 Å². The molecular weight excluding hydrogens is 334 g/mol. The molecule has 23 heavy (non-hydrogen) atoms. The number of halogens is 1. The fourth-order valence-electron chi connectivity index (χ4n) is 1.82. The fourth-order valence-corrected chi connectivity index (χ4v) is 2.72. The van der Waals surface area contributed by atoms with Crippen molar-refractivity contribution in [3.8, 4) is 11.5 Å². The van der Waals surface area contributed by atoms with Gasteiger partial charge in [-0.2, -0.15) is 0 Å². The van der Waals surface area contributed by atoms with Crippen LogP contribution >= 0.6 is 23.4 Å². The van der Waals surface area contributed by atoms with Crippen LogP contribution in [0.1, 0.15) is 0 Å². The second-order valence-electron chi connectivity index (χ2n) is 4.59. The van der Waals surface area contributed by atoms with E-state index in [9.17, 15) is 4.79 Å². The van der Waals surface area contributed by atoms with E-state index in [-0.39, 0.29) is 12.5 Å². The third-order valence-electron chi connectivity index (χ3n) is 2.93. The Morgan fingerprint density at radius 3 is 2.52 bits per heavy atom. The zero-order valence-electron chi connectivity index (χ0n) is 12.8. The second kappa shape index (κ2) is 9.33. The molecule has 0 saturated carbocycles. The van der Waals surface area contributed by atoms with Gasteiger partial charge < -0.3 is 14.8 Å². The van der Waals surface area contributed by atoms with Gasteiger partial charge in [0.05, 0.1) is 7.11 Å². The lowest BCUT2D eigenvalue weighted by Crippen LogP contribution is -2.30. The van der Waals surface area contributed by atoms with Gasteiger partial charge in [0.25, 0.3) is 5.91 Å². The molecule has 0 heterocycles. The van der Waals surface area contributed by atoms with Crippen molar-refractivity contribution < 1.29 is 14.3 Å². The van der Waals surface area contributed by atoms with Gasteiger partial charge in [-0.25, -0.2) is 0 Å². The van der Waals surface area contributed by atoms with Crippen molar-refractivity contribution in [3.63, 3.8) is 0 Å². The Bertz CT molecular complexity index is 634. The van der Waals surface area contributed by atoms with E-state index in [0.717, 1.165) is 15.7 Å². The van der Waals surface area contributed by atoms with Crippen LogP contribution in [0.4, 0.5) is 0 Å². The molecule has 6 heteroatoms. The Balaban J connectivity index is 1.66. The summed E-state index contributed by atoms with van der Waals surface area (Å²) in [6.07, 6.45) is 0. The number of rotatable bonds is 8. The summed E-state index contributed by atoms with van der Waals surface area (Å²) in [5, 5.41) is 3.54. The number of hydrogen-bond acceptors (Lipinski definition) is 4. The number of ether oxygens (including phenoxy) is 2. The molecule has 0 aliphatic rings. The lowest BCUT2D eigenvalue weighted by molar-refractivity contribution is -0.122. The van der Waals surface area contributed by atoms with Crippen LogP contribution in [0.2, 0.25) is 5.02 Å². The molecule has 0 atom stereocenters. The minimum Gasteiger partial charge on any atom is -0.493 e. The largest absolute Gasteiger partial charge is 0.493 e. The van der Waals surface area contributed by atoms with Gasteiger partial charge in [0.1, 0.15) is 0 Å². The van der Waals surface area contributed by atoms with E-state index in [0.29, 0.717) is 18.0 Å². The first-order valence-electron chi connectivity index (χ1n) is 7.10. The molecule has 2 rings (SSSR count). The fraction of sp³-hybridized carbons (Fsp3) is 0.235. The van der Waals surface area contributed by atoms with E-state index < -0.39 is 0 Å². The smallest absolute Gasteiger partial charge is 0.257 e. The van der Waals surface area contributed by atoms with Crippen LogP contribution in [0.5, 0.6) is 11.5 Å². The summed E-state index contributed by atoms with van der Waals surface area (Å²) in [4.78, 5) is 12.9. The average molecular weight is 352 g/mol. The molecular formula is C17H18ClNO3S. The Kier molecular flexibility index (Phi) is 7.10. The van der Waals surface area contributed by atoms with E-state index in [1.165, 1.54) is 0 Å². The highest BCUT2D eigenvalue weighted by Crippen LogP contribution is 2.25. The minimum absolute atomic E-state index is 0.0357. The van der Waals surface area contributed by atoms with Crippen molar-refractivity contribution in [2.24, 2.45) is 0 Å². The van der Waals surface area contributed by atoms with Crippen molar-refractivity contribution >= 4 is 29.3 Å². The molecule has 0 saturated heterocycles. The summed E-state index contributed by atoms with van der Waals surface area (Å²) >= 11 is 7.49. The van der Waals surface area contributed by atoms with E-state index in [1.54, 1.807) is 31.0 Å². The van der Waals surface area contributed by atoms with Crippen LogP contribution in [0.25, 0.3) is 0 Å². The standard InChI is InChI=1S/C17H18ClNO3S/c1-21-15-4-2-3-5-16(15)22-12-17(20)19-10-11-23-14-8-6-13(18)7-9-14/h2-9H,10-12H2,1H3,(H,19,20). The van der Waals surface area contributed by atoms with Gasteiger partial charge in [0, 0.05) is 22.2 Å². The van der Waals surface area contributed by atoms with Gasteiger partial charge in [-0.05, 0) is 36.4 Å². The first-order valence-corrected chi connectivity index (χ1v) is 8.46. The summed E-state index contributed by atoms with van der Waals surface area (Å²) in [6.45, 7) is 0.535. The van der Waals surface area contributed by atoms with Crippen molar-refractivity contribution in [1.82, 2.24) is 5.32 Å². The first-order chi connectivity index (χ1) is 11.2. The van der Waals surface area contributed by atoms with Crippen molar-refractivity contribution in [2.45, 2.75) is 4.90 Å². The van der Waals surface area contributed by atoms with Gasteiger partial charge in [0.15, 0.2) is 18.1 Å². The molecule has 0 aliphatic heterocycles. The maximum atomic E-state index is 11.8. The van der Waals surface area contributed by atoms with Crippen LogP contribution in [-0.4, -0.2) is 31.9 Å². The molecule has 0 aliphatic carbocycles. The molecule has 122 valence electrons. The molecule has 0 radical (unpaired) electrons. The van der Waals surface area contributed by atoms with Crippen LogP contribution < -0.4 is 14.8 Å². The Morgan fingerprint density at radius 1 is 1.13 bits per heavy atom. The number of methoxy groups -OCH3 is 1. The highest BCUT2D eigenvalue weighted by molar-refractivity contribution is 7.99. The third kappa shape index (κ3) is 6.04. The van der Waals surface area contributed by atoms with Crippen LogP contribution in [0.3, 0.4) is 0 Å². The molecule has 0 aromatic heterocycles. The molecule has 0 bridgehead atoms. The normalized spacial score (nSPS) is 10.2. The lowest BCUT2D eigenvalue weighted by atomic mass is 10.3. The summed E-state index contributed by atoms with van der Waals surface area (Å²) < 4.78 is 10.6. The van der Waals surface area contributed by atoms with E-state index in [1.807, 2.05) is 36.4 Å². The predicted molar refractivity (Wildman–Crippen MR) is 93.7 cm³/mol. The first kappa shape index (κ1) is 17.5. The zero-order valence-corrected chi connectivity index (χ0v) is 14.3. The molecule has 1 amide bonds. The summed E-state index contributed by atoms with van der Waals surface area (Å²) in [5.41, 5.74) is 0. The number of thioether (sulfide) groups is 1. The van der Waals surface area contributed by atoms with E-state index >= 15 is 0 Å². The Morgan fingerprint density at radius 2 is 1.83 bits per heavy atom. The van der Waals surface area contributed by atoms with Crippen molar-refractivity contribution in [2.75, 3.05) is 26.0 Å². The van der Waals surface area contributed by atoms with Gasteiger partial charge in [-0.1, -0.05) is 23.7 Å². The van der Waals surface area contributed by atoms with E-state index in [2.05, 4.69) is 5.32 Å². The van der Waals surface area contributed by atoms with Crippen molar-refractivity contribution in [1.29, 1.82) is 0 Å². The topological polar surface area (TPSA) is 47.6 Å². The number of benzene rings is 2. The molecule has 2 aromatic carbocycles. The summed E-state index contributed by atoms with van der Waals surface area (Å²) in [5.74, 6) is 1.79. The molecule has 0 fully saturated rings.